The molecule has 0 radical (unpaired) electrons. The van der Waals surface area contributed by atoms with Crippen molar-refractivity contribution in [2.75, 3.05) is 78.1 Å². The number of nitrogens with one attached hydrogen (secondary N) is 1. The van der Waals surface area contributed by atoms with Crippen LogP contribution in [-0.2, 0) is 36.1 Å². The minimum Gasteiger partial charge on any atom is -0.490 e. The monoisotopic (exact) mass is 796 g/mol. The molecule has 2 bridgehead atoms. The lowest BCUT2D eigenvalue weighted by molar-refractivity contribution is -0.161. The number of benzene rings is 2. The molecule has 1 spiro atoms. The van der Waals surface area contributed by atoms with E-state index in [4.69, 9.17) is 25.8 Å². The fourth-order valence-corrected chi connectivity index (χ4v) is 12.0. The third kappa shape index (κ3) is 7.90. The number of hydrogen-bond acceptors (Lipinski definition) is 8. The second-order valence-electron chi connectivity index (χ2n) is 17.3. The zero-order chi connectivity index (χ0) is 39.1. The van der Waals surface area contributed by atoms with Crippen LogP contribution in [0.5, 0.6) is 5.75 Å². The Bertz CT molecular complexity index is 1850. The van der Waals surface area contributed by atoms with Crippen LogP contribution in [0.3, 0.4) is 0 Å². The molecular formula is C43H61ClN4O6S. The molecule has 302 valence electrons. The Morgan fingerprint density at radius 3 is 2.53 bits per heavy atom. The molecule has 2 fully saturated rings. The number of rotatable bonds is 5. The highest BCUT2D eigenvalue weighted by atomic mass is 35.5. The van der Waals surface area contributed by atoms with Crippen LogP contribution in [0.2, 0.25) is 5.02 Å². The van der Waals surface area contributed by atoms with Gasteiger partial charge in [0.1, 0.15) is 12.4 Å². The van der Waals surface area contributed by atoms with Crippen molar-refractivity contribution in [2.24, 2.45) is 23.7 Å². The molecule has 2 aromatic rings. The summed E-state index contributed by atoms with van der Waals surface area (Å²) in [7, 11) is -0.275. The predicted molar refractivity (Wildman–Crippen MR) is 219 cm³/mol. The summed E-state index contributed by atoms with van der Waals surface area (Å²) < 4.78 is 49.4. The van der Waals surface area contributed by atoms with E-state index in [1.165, 1.54) is 11.1 Å². The lowest BCUT2D eigenvalue weighted by Crippen LogP contribution is -2.62. The number of carbonyl (C=O) groups excluding carboxylic acids is 1. The van der Waals surface area contributed by atoms with Gasteiger partial charge in [-0.2, -0.15) is 0 Å². The molecule has 2 aromatic carbocycles. The van der Waals surface area contributed by atoms with Crippen molar-refractivity contribution in [2.45, 2.75) is 82.0 Å². The van der Waals surface area contributed by atoms with Gasteiger partial charge in [-0.3, -0.25) is 14.4 Å². The summed E-state index contributed by atoms with van der Waals surface area (Å²) in [6.07, 6.45) is 6.84. The molecule has 1 amide bonds. The van der Waals surface area contributed by atoms with Crippen LogP contribution in [0.1, 0.15) is 76.0 Å². The minimum atomic E-state index is -3.72. The molecule has 12 heteroatoms. The van der Waals surface area contributed by atoms with Crippen LogP contribution in [0.4, 0.5) is 5.69 Å². The second-order valence-corrected chi connectivity index (χ2v) is 19.7. The van der Waals surface area contributed by atoms with Crippen LogP contribution in [0, 0.1) is 23.7 Å². The Balaban J connectivity index is 1.27. The number of hydrogen-bond donors (Lipinski definition) is 1. The molecule has 5 aliphatic rings. The van der Waals surface area contributed by atoms with Gasteiger partial charge in [0.2, 0.25) is 15.9 Å². The number of fused-ring (bicyclic) bond motifs is 4. The standard InChI is InChI=1S/C43H61ClN4O6S/c1-29-9-10-30(2)43(53-6,27-46-18-20-47(21-19-46)41(49)25-52-5)38-14-11-35(38)24-48-26-42(17-7-8-34-22-36(44)13-15-37(34)42)28-54-40-16-12-33(23-39(40)48)31(3)45-55(50,51)32(29)4/h12-13,15-16,22-23,29-30,32,35,38,45H,3,7-11,14,17-21,24-28H2,1-2,4-6H3/t29-,30?,32+,35-,38+,42-,43?/m0/s1. The number of sulfonamides is 1. The summed E-state index contributed by atoms with van der Waals surface area (Å²) in [5.74, 6) is 1.60. The van der Waals surface area contributed by atoms with E-state index >= 15 is 0 Å². The molecule has 0 aromatic heterocycles. The maximum atomic E-state index is 13.9. The number of nitrogens with zero attached hydrogens (tertiary/aromatic N) is 3. The van der Waals surface area contributed by atoms with Crippen LogP contribution in [0.25, 0.3) is 5.70 Å². The van der Waals surface area contributed by atoms with Gasteiger partial charge in [0.25, 0.3) is 0 Å². The number of anilines is 1. The smallest absolute Gasteiger partial charge is 0.248 e. The number of aryl methyl sites for hydroxylation is 1. The zero-order valence-electron chi connectivity index (χ0n) is 33.4. The predicted octanol–water partition coefficient (Wildman–Crippen LogP) is 6.36. The molecule has 7 atom stereocenters. The Morgan fingerprint density at radius 1 is 1.04 bits per heavy atom. The third-order valence-electron chi connectivity index (χ3n) is 14.2. The quantitative estimate of drug-likeness (QED) is 0.374. The zero-order valence-corrected chi connectivity index (χ0v) is 35.0. The highest BCUT2D eigenvalue weighted by molar-refractivity contribution is 7.90. The lowest BCUT2D eigenvalue weighted by atomic mass is 9.59. The number of halogens is 1. The van der Waals surface area contributed by atoms with Crippen LogP contribution < -0.4 is 14.4 Å². The van der Waals surface area contributed by atoms with Crippen molar-refractivity contribution < 1.29 is 27.4 Å². The summed E-state index contributed by atoms with van der Waals surface area (Å²) >= 11 is 6.53. The number of methoxy groups -OCH3 is 2. The van der Waals surface area contributed by atoms with Crippen LogP contribution >= 0.6 is 11.6 Å². The van der Waals surface area contributed by atoms with E-state index in [2.05, 4.69) is 46.2 Å². The van der Waals surface area contributed by atoms with Crippen molar-refractivity contribution in [3.05, 3.63) is 64.7 Å². The van der Waals surface area contributed by atoms with Crippen molar-refractivity contribution in [1.29, 1.82) is 0 Å². The fourth-order valence-electron chi connectivity index (χ4n) is 10.4. The first-order chi connectivity index (χ1) is 26.3. The Morgan fingerprint density at radius 2 is 1.82 bits per heavy atom. The number of amides is 1. The second kappa shape index (κ2) is 16.2. The van der Waals surface area contributed by atoms with Gasteiger partial charge in [-0.15, -0.1) is 0 Å². The number of piperazine rings is 1. The molecule has 10 nitrogen and oxygen atoms in total. The first-order valence-corrected chi connectivity index (χ1v) is 22.3. The average molecular weight is 798 g/mol. The molecule has 1 N–H and O–H groups in total. The van der Waals surface area contributed by atoms with Crippen molar-refractivity contribution in [3.63, 3.8) is 0 Å². The molecule has 2 aliphatic carbocycles. The van der Waals surface area contributed by atoms with E-state index < -0.39 is 20.9 Å². The summed E-state index contributed by atoms with van der Waals surface area (Å²) in [6.45, 7) is 16.3. The van der Waals surface area contributed by atoms with Gasteiger partial charge in [0.15, 0.2) is 0 Å². The fraction of sp³-hybridized carbons (Fsp3) is 0.651. The minimum absolute atomic E-state index is 0.0307. The molecule has 1 saturated heterocycles. The maximum absolute atomic E-state index is 13.9. The molecule has 7 rings (SSSR count). The van der Waals surface area contributed by atoms with Gasteiger partial charge in [-0.05, 0) is 117 Å². The van der Waals surface area contributed by atoms with Crippen molar-refractivity contribution in [3.8, 4) is 5.75 Å². The summed E-state index contributed by atoms with van der Waals surface area (Å²) in [4.78, 5) is 19.6. The van der Waals surface area contributed by atoms with E-state index in [1.54, 1.807) is 7.11 Å². The summed E-state index contributed by atoms with van der Waals surface area (Å²) in [5, 5.41) is 0.147. The SMILES string of the molecule is C=C1NS(=O)(=O)[C@H](C)[C@@H](C)CCC(C)C(CN2CCN(C(=O)COC)CC2)(OC)[C@@H]2CC[C@H]2CN2C[C@@]3(CCCc4cc(Cl)ccc43)COc3ccc1cc32. The number of carbonyl (C=O) groups is 1. The summed E-state index contributed by atoms with van der Waals surface area (Å²) in [6, 6.07) is 12.4. The van der Waals surface area contributed by atoms with Gasteiger partial charge in [0, 0.05) is 81.7 Å². The van der Waals surface area contributed by atoms with Crippen LogP contribution in [-0.4, -0.2) is 108 Å². The Kier molecular flexibility index (Phi) is 11.9. The maximum Gasteiger partial charge on any atom is 0.248 e. The van der Waals surface area contributed by atoms with Crippen LogP contribution in [0.15, 0.2) is 43.0 Å². The molecule has 3 heterocycles. The molecule has 2 unspecified atom stereocenters. The van der Waals surface area contributed by atoms with E-state index in [9.17, 15) is 13.2 Å². The highest BCUT2D eigenvalue weighted by Gasteiger charge is 2.53. The largest absolute Gasteiger partial charge is 0.490 e. The molecule has 3 aliphatic heterocycles. The topological polar surface area (TPSA) is 101 Å². The molecule has 55 heavy (non-hydrogen) atoms. The first kappa shape index (κ1) is 40.4. The highest BCUT2D eigenvalue weighted by Crippen LogP contribution is 2.51. The molecular weight excluding hydrogens is 736 g/mol. The Hall–Kier alpha value is -2.83. The Labute approximate surface area is 333 Å². The van der Waals surface area contributed by atoms with E-state index in [-0.39, 0.29) is 29.8 Å². The average Bonchev–Trinajstić information content (AvgIpc) is 3.31. The van der Waals surface area contributed by atoms with Crippen molar-refractivity contribution >= 4 is 38.9 Å². The van der Waals surface area contributed by atoms with E-state index in [0.717, 1.165) is 99.7 Å². The van der Waals surface area contributed by atoms with Gasteiger partial charge in [-0.1, -0.05) is 38.1 Å². The van der Waals surface area contributed by atoms with E-state index in [1.807, 2.05) is 44.1 Å². The normalized spacial score (nSPS) is 32.7. The van der Waals surface area contributed by atoms with E-state index in [0.29, 0.717) is 37.2 Å². The number of ether oxygens (including phenoxy) is 3. The van der Waals surface area contributed by atoms with Crippen molar-refractivity contribution in [1.82, 2.24) is 14.5 Å². The first-order valence-electron chi connectivity index (χ1n) is 20.3. The third-order valence-corrected chi connectivity index (χ3v) is 16.4. The van der Waals surface area contributed by atoms with Gasteiger partial charge < -0.3 is 24.0 Å². The lowest BCUT2D eigenvalue weighted by Gasteiger charge is -2.55. The van der Waals surface area contributed by atoms with Gasteiger partial charge in [0.05, 0.1) is 23.1 Å². The van der Waals surface area contributed by atoms with Gasteiger partial charge >= 0.3 is 0 Å². The van der Waals surface area contributed by atoms with Gasteiger partial charge in [-0.25, -0.2) is 8.42 Å². The molecule has 1 saturated carbocycles. The summed E-state index contributed by atoms with van der Waals surface area (Å²) in [5.41, 5.74) is 4.02.